The summed E-state index contributed by atoms with van der Waals surface area (Å²) in [4.78, 5) is 13.7. The molecule has 2 rings (SSSR count). The highest BCUT2D eigenvalue weighted by atomic mass is 16.6. The summed E-state index contributed by atoms with van der Waals surface area (Å²) in [6, 6.07) is 0. The van der Waals surface area contributed by atoms with Gasteiger partial charge in [0.25, 0.3) is 0 Å². The number of methoxy groups -OCH3 is 1. The summed E-state index contributed by atoms with van der Waals surface area (Å²) in [6.45, 7) is 26.9. The molecule has 4 N–H and O–H groups in total. The molecule has 2 aliphatic heterocycles. The minimum absolute atomic E-state index is 0.107. The highest BCUT2D eigenvalue weighted by Gasteiger charge is 2.49. The van der Waals surface area contributed by atoms with Crippen molar-refractivity contribution in [1.29, 1.82) is 0 Å². The summed E-state index contributed by atoms with van der Waals surface area (Å²) >= 11 is 0. The van der Waals surface area contributed by atoms with Crippen molar-refractivity contribution in [1.82, 2.24) is 0 Å². The van der Waals surface area contributed by atoms with E-state index in [2.05, 4.69) is 37.8 Å². The topological polar surface area (TPSA) is 138 Å². The Labute approximate surface area is 287 Å². The SMILES string of the molecule is CC.CC#CC.CC[C@H]1OC(=O)C(C)[C@@H](C[C@H]2C[C@@](C)(OC)[C@@H](O)C(C)O2)[C@H](C)C[C@](C)(CC)C[C@@H](C)/C(=N\O)C(C)C(O)[C@]1(C)O. The number of carbonyl (C=O) groups is 1. The molecule has 2 heterocycles. The van der Waals surface area contributed by atoms with Gasteiger partial charge in [0.1, 0.15) is 17.8 Å². The molecule has 47 heavy (non-hydrogen) atoms. The number of oxime groups is 1. The van der Waals surface area contributed by atoms with Crippen LogP contribution in [-0.2, 0) is 19.0 Å². The highest BCUT2D eigenvalue weighted by Crippen LogP contribution is 2.44. The molecule has 2 fully saturated rings. The van der Waals surface area contributed by atoms with E-state index in [1.165, 1.54) is 6.92 Å². The number of hydrogen-bond acceptors (Lipinski definition) is 9. The average molecular weight is 670 g/mol. The van der Waals surface area contributed by atoms with Gasteiger partial charge in [0, 0.05) is 19.4 Å². The molecule has 4 unspecified atom stereocenters. The molecule has 0 aliphatic carbocycles. The summed E-state index contributed by atoms with van der Waals surface area (Å²) in [5, 5.41) is 47.2. The van der Waals surface area contributed by atoms with E-state index in [1.54, 1.807) is 14.0 Å². The van der Waals surface area contributed by atoms with Gasteiger partial charge in [-0.1, -0.05) is 73.9 Å². The van der Waals surface area contributed by atoms with Crippen LogP contribution in [0.2, 0.25) is 0 Å². The highest BCUT2D eigenvalue weighted by molar-refractivity contribution is 5.88. The molecular weight excluding hydrogens is 598 g/mol. The number of aliphatic hydroxyl groups excluding tert-OH is 2. The lowest BCUT2D eigenvalue weighted by Gasteiger charge is -2.47. The number of aliphatic hydroxyl groups is 3. The maximum absolute atomic E-state index is 13.7. The van der Waals surface area contributed by atoms with Crippen molar-refractivity contribution >= 4 is 11.7 Å². The summed E-state index contributed by atoms with van der Waals surface area (Å²) in [5.41, 5.74) is -2.24. The molecule has 2 aliphatic rings. The van der Waals surface area contributed by atoms with Crippen molar-refractivity contribution in [2.75, 3.05) is 7.11 Å². The van der Waals surface area contributed by atoms with E-state index in [0.29, 0.717) is 25.0 Å². The van der Waals surface area contributed by atoms with Crippen molar-refractivity contribution in [3.8, 4) is 11.8 Å². The minimum Gasteiger partial charge on any atom is -0.459 e. The van der Waals surface area contributed by atoms with Gasteiger partial charge >= 0.3 is 5.97 Å². The third-order valence-electron chi connectivity index (χ3n) is 11.0. The van der Waals surface area contributed by atoms with Gasteiger partial charge in [-0.25, -0.2) is 0 Å². The van der Waals surface area contributed by atoms with Gasteiger partial charge in [-0.3, -0.25) is 4.79 Å². The Bertz CT molecular complexity index is 1010. The van der Waals surface area contributed by atoms with Crippen LogP contribution in [0.25, 0.3) is 0 Å². The second-order valence-electron chi connectivity index (χ2n) is 14.6. The van der Waals surface area contributed by atoms with Crippen LogP contribution in [0.15, 0.2) is 5.16 Å². The standard InChI is InChI=1S/C32H59NO8.C4H6.C2H6/c1-12-25-32(10,37)27(34)21(6)26(33-38)19(4)16-30(8,13-2)15-18(3)24(20(5)29(36)41-25)14-23-17-31(9,39-11)28(35)22(7)40-23;1-3-4-2;1-2/h18-25,27-28,34-35,37-38H,12-17H2,1-11H3;1-2H3;1-2H3/b33-26+;;/t18-,19-,20?,21?,22?,23+,24+,25-,27?,28+,30+,31-,32-;;/m1../s1. The molecule has 13 atom stereocenters. The van der Waals surface area contributed by atoms with Crippen LogP contribution in [0.4, 0.5) is 0 Å². The zero-order valence-electron chi connectivity index (χ0n) is 32.4. The zero-order chi connectivity index (χ0) is 36.9. The summed E-state index contributed by atoms with van der Waals surface area (Å²) in [5.74, 6) is 3.63. The van der Waals surface area contributed by atoms with Crippen molar-refractivity contribution in [2.24, 2.45) is 40.2 Å². The smallest absolute Gasteiger partial charge is 0.309 e. The molecule has 0 aromatic heterocycles. The van der Waals surface area contributed by atoms with E-state index in [4.69, 9.17) is 14.2 Å². The average Bonchev–Trinajstić information content (AvgIpc) is 3.04. The Hall–Kier alpha value is -1.70. The summed E-state index contributed by atoms with van der Waals surface area (Å²) in [7, 11) is 1.60. The van der Waals surface area contributed by atoms with Gasteiger partial charge in [-0.05, 0) is 83.5 Å². The first kappa shape index (κ1) is 45.3. The lowest BCUT2D eigenvalue weighted by molar-refractivity contribution is -0.219. The Balaban J connectivity index is 0.00000326. The van der Waals surface area contributed by atoms with E-state index >= 15 is 0 Å². The number of ether oxygens (including phenoxy) is 3. The van der Waals surface area contributed by atoms with Crippen LogP contribution in [0, 0.1) is 46.8 Å². The van der Waals surface area contributed by atoms with Crippen molar-refractivity contribution in [3.63, 3.8) is 0 Å². The number of nitrogens with zero attached hydrogens (tertiary/aromatic N) is 1. The number of rotatable bonds is 5. The van der Waals surface area contributed by atoms with Gasteiger partial charge < -0.3 is 34.7 Å². The Morgan fingerprint density at radius 3 is 1.94 bits per heavy atom. The van der Waals surface area contributed by atoms with Gasteiger partial charge in [-0.15, -0.1) is 11.8 Å². The summed E-state index contributed by atoms with van der Waals surface area (Å²) in [6.07, 6.45) is 0.125. The van der Waals surface area contributed by atoms with Gasteiger partial charge in [0.05, 0.1) is 35.5 Å². The normalized spacial score (nSPS) is 42.7. The first-order valence-corrected chi connectivity index (χ1v) is 17.9. The predicted octanol–water partition coefficient (Wildman–Crippen LogP) is 7.01. The van der Waals surface area contributed by atoms with E-state index in [0.717, 1.165) is 19.3 Å². The Morgan fingerprint density at radius 1 is 0.936 bits per heavy atom. The fraction of sp³-hybridized carbons (Fsp3) is 0.895. The molecule has 9 heteroatoms. The fourth-order valence-electron chi connectivity index (χ4n) is 7.75. The molecule has 276 valence electrons. The van der Waals surface area contributed by atoms with Crippen molar-refractivity contribution in [3.05, 3.63) is 0 Å². The number of esters is 1. The zero-order valence-corrected chi connectivity index (χ0v) is 32.4. The second-order valence-corrected chi connectivity index (χ2v) is 14.6. The van der Waals surface area contributed by atoms with Gasteiger partial charge in [-0.2, -0.15) is 0 Å². The van der Waals surface area contributed by atoms with Gasteiger partial charge in [0.15, 0.2) is 0 Å². The number of hydrogen-bond donors (Lipinski definition) is 4. The lowest BCUT2D eigenvalue weighted by Crippen LogP contribution is -2.56. The third kappa shape index (κ3) is 11.7. The van der Waals surface area contributed by atoms with E-state index in [1.807, 2.05) is 62.3 Å². The van der Waals surface area contributed by atoms with Crippen LogP contribution in [0.1, 0.15) is 135 Å². The molecule has 0 aromatic rings. The molecule has 0 radical (unpaired) electrons. The van der Waals surface area contributed by atoms with Crippen LogP contribution < -0.4 is 0 Å². The fourth-order valence-corrected chi connectivity index (χ4v) is 7.75. The van der Waals surface area contributed by atoms with Crippen LogP contribution in [0.5, 0.6) is 0 Å². The molecule has 0 bridgehead atoms. The molecule has 0 spiro atoms. The predicted molar refractivity (Wildman–Crippen MR) is 189 cm³/mol. The molecule has 0 saturated carbocycles. The quantitative estimate of drug-likeness (QED) is 0.106. The Morgan fingerprint density at radius 2 is 1.49 bits per heavy atom. The maximum Gasteiger partial charge on any atom is 0.309 e. The second kappa shape index (κ2) is 20.1. The van der Waals surface area contributed by atoms with E-state index < -0.39 is 53.4 Å². The van der Waals surface area contributed by atoms with Crippen molar-refractivity contribution in [2.45, 2.75) is 177 Å². The molecule has 9 nitrogen and oxygen atoms in total. The van der Waals surface area contributed by atoms with E-state index in [9.17, 15) is 25.3 Å². The van der Waals surface area contributed by atoms with Crippen molar-refractivity contribution < 1.29 is 39.5 Å². The molecular formula is C38H71NO8. The first-order chi connectivity index (χ1) is 21.8. The van der Waals surface area contributed by atoms with Gasteiger partial charge in [0.2, 0.25) is 0 Å². The number of carbonyl (C=O) groups excluding carboxylic acids is 1. The largest absolute Gasteiger partial charge is 0.459 e. The minimum atomic E-state index is -1.77. The van der Waals surface area contributed by atoms with Crippen LogP contribution in [-0.4, -0.2) is 81.0 Å². The first-order valence-electron chi connectivity index (χ1n) is 17.9. The lowest BCUT2D eigenvalue weighted by atomic mass is 9.66. The third-order valence-corrected chi connectivity index (χ3v) is 11.0. The molecule has 0 amide bonds. The summed E-state index contributed by atoms with van der Waals surface area (Å²) < 4.78 is 18.0. The Kier molecular flexibility index (Phi) is 19.4. The molecule has 2 saturated heterocycles. The monoisotopic (exact) mass is 670 g/mol. The van der Waals surface area contributed by atoms with Crippen LogP contribution >= 0.6 is 0 Å². The number of cyclic esters (lactones) is 1. The van der Waals surface area contributed by atoms with E-state index in [-0.39, 0.29) is 29.3 Å². The molecule has 0 aromatic carbocycles. The van der Waals surface area contributed by atoms with Crippen LogP contribution in [0.3, 0.4) is 0 Å². The maximum atomic E-state index is 13.7.